The van der Waals surface area contributed by atoms with Crippen molar-refractivity contribution in [1.82, 2.24) is 5.32 Å². The molecule has 1 aliphatic heterocycles. The second-order valence-corrected chi connectivity index (χ2v) is 7.67. The molecule has 1 heterocycles. The van der Waals surface area contributed by atoms with Crippen molar-refractivity contribution in [3.8, 4) is 0 Å². The number of para-hydroxylation sites is 1. The van der Waals surface area contributed by atoms with Crippen molar-refractivity contribution in [2.75, 3.05) is 18.1 Å². The highest BCUT2D eigenvalue weighted by molar-refractivity contribution is 6.02. The molecule has 0 saturated heterocycles. The van der Waals surface area contributed by atoms with E-state index in [4.69, 9.17) is 4.74 Å². The number of esters is 1. The van der Waals surface area contributed by atoms with Gasteiger partial charge in [-0.25, -0.2) is 4.39 Å². The molecule has 2 unspecified atom stereocenters. The molecular weight excluding hydrogens is 415 g/mol. The second-order valence-electron chi connectivity index (χ2n) is 7.67. The lowest BCUT2D eigenvalue weighted by molar-refractivity contribution is -0.146. The average molecular weight is 442 g/mol. The largest absolute Gasteiger partial charge is 0.480 e. The summed E-state index contributed by atoms with van der Waals surface area (Å²) in [5, 5.41) is 12.5. The monoisotopic (exact) mass is 442 g/mol. The number of nitrogens with one attached hydrogen (secondary N) is 1. The number of carboxylic acids is 1. The van der Waals surface area contributed by atoms with E-state index in [0.717, 1.165) is 11.1 Å². The number of carbonyl (C=O) groups excluding carboxylic acids is 2. The first kappa shape index (κ1) is 23.4. The first-order valence-electron chi connectivity index (χ1n) is 10.7. The lowest BCUT2D eigenvalue weighted by Crippen LogP contribution is -2.53. The molecule has 0 radical (unpaired) electrons. The number of carbonyl (C=O) groups is 3. The van der Waals surface area contributed by atoms with Crippen molar-refractivity contribution in [2.24, 2.45) is 0 Å². The standard InChI is InChI=1S/C24H27FN2O5/c1-2-32-24(31)20(13-9-16-7-11-18(25)12-8-16)26-19-14-10-17-5-3-4-6-21(17)27(23(19)30)15-22(28)29/h3-8,11-12,19-20,26H,2,9-10,13-15H2,1H3,(H,28,29). The quantitative estimate of drug-likeness (QED) is 0.580. The maximum Gasteiger partial charge on any atom is 0.323 e. The van der Waals surface area contributed by atoms with Gasteiger partial charge in [0.05, 0.1) is 12.6 Å². The molecule has 0 aliphatic carbocycles. The SMILES string of the molecule is CCOC(=O)C(CCc1ccc(F)cc1)NC1CCc2ccccc2N(CC(=O)O)C1=O. The molecule has 2 aromatic rings. The van der Waals surface area contributed by atoms with Crippen molar-refractivity contribution in [3.63, 3.8) is 0 Å². The number of ether oxygens (including phenoxy) is 1. The van der Waals surface area contributed by atoms with E-state index in [-0.39, 0.29) is 12.4 Å². The molecule has 170 valence electrons. The molecule has 0 spiro atoms. The van der Waals surface area contributed by atoms with Crippen LogP contribution in [0.3, 0.4) is 0 Å². The lowest BCUT2D eigenvalue weighted by atomic mass is 10.0. The fraction of sp³-hybridized carbons (Fsp3) is 0.375. The third-order valence-electron chi connectivity index (χ3n) is 5.45. The number of amides is 1. The van der Waals surface area contributed by atoms with Crippen molar-refractivity contribution >= 4 is 23.5 Å². The number of halogens is 1. The topological polar surface area (TPSA) is 95.9 Å². The van der Waals surface area contributed by atoms with Crippen LogP contribution < -0.4 is 10.2 Å². The Morgan fingerprint density at radius 3 is 2.62 bits per heavy atom. The van der Waals surface area contributed by atoms with E-state index < -0.39 is 36.5 Å². The Kier molecular flexibility index (Phi) is 7.94. The van der Waals surface area contributed by atoms with Crippen LogP contribution in [-0.2, 0) is 32.0 Å². The number of aliphatic carboxylic acids is 1. The van der Waals surface area contributed by atoms with E-state index in [9.17, 15) is 23.9 Å². The van der Waals surface area contributed by atoms with Gasteiger partial charge >= 0.3 is 11.9 Å². The molecular formula is C24H27FN2O5. The number of hydrogen-bond acceptors (Lipinski definition) is 5. The molecule has 32 heavy (non-hydrogen) atoms. The Bertz CT molecular complexity index is 963. The highest BCUT2D eigenvalue weighted by Gasteiger charge is 2.34. The summed E-state index contributed by atoms with van der Waals surface area (Å²) in [7, 11) is 0. The van der Waals surface area contributed by atoms with Crippen molar-refractivity contribution in [2.45, 2.75) is 44.7 Å². The predicted octanol–water partition coefficient (Wildman–Crippen LogP) is 2.71. The highest BCUT2D eigenvalue weighted by atomic mass is 19.1. The minimum absolute atomic E-state index is 0.197. The Balaban J connectivity index is 1.79. The molecule has 0 bridgehead atoms. The van der Waals surface area contributed by atoms with Gasteiger partial charge in [0.25, 0.3) is 0 Å². The fourth-order valence-electron chi connectivity index (χ4n) is 3.89. The van der Waals surface area contributed by atoms with E-state index in [1.54, 1.807) is 31.2 Å². The zero-order valence-electron chi connectivity index (χ0n) is 17.9. The molecule has 2 atom stereocenters. The van der Waals surface area contributed by atoms with Crippen LogP contribution in [0.15, 0.2) is 48.5 Å². The van der Waals surface area contributed by atoms with Crippen LogP contribution in [0, 0.1) is 5.82 Å². The molecule has 2 N–H and O–H groups in total. The molecule has 1 amide bonds. The summed E-state index contributed by atoms with van der Waals surface area (Å²) in [6.45, 7) is 1.44. The average Bonchev–Trinajstić information content (AvgIpc) is 2.89. The normalized spacial score (nSPS) is 16.8. The second kappa shape index (κ2) is 10.9. The van der Waals surface area contributed by atoms with Gasteiger partial charge in [-0.1, -0.05) is 30.3 Å². The van der Waals surface area contributed by atoms with E-state index in [0.29, 0.717) is 31.4 Å². The molecule has 0 saturated carbocycles. The summed E-state index contributed by atoms with van der Waals surface area (Å²) in [6, 6.07) is 11.7. The lowest BCUT2D eigenvalue weighted by Gasteiger charge is -2.27. The van der Waals surface area contributed by atoms with E-state index in [1.165, 1.54) is 17.0 Å². The van der Waals surface area contributed by atoms with Gasteiger partial charge in [-0.05, 0) is 61.9 Å². The van der Waals surface area contributed by atoms with Crippen LogP contribution in [0.2, 0.25) is 0 Å². The van der Waals surface area contributed by atoms with Gasteiger partial charge in [0.1, 0.15) is 18.4 Å². The number of rotatable bonds is 9. The number of carboxylic acid groups (broad SMARTS) is 1. The van der Waals surface area contributed by atoms with E-state index >= 15 is 0 Å². The van der Waals surface area contributed by atoms with Gasteiger partial charge in [-0.15, -0.1) is 0 Å². The minimum Gasteiger partial charge on any atom is -0.480 e. The van der Waals surface area contributed by atoms with Crippen molar-refractivity contribution < 1.29 is 28.6 Å². The van der Waals surface area contributed by atoms with Gasteiger partial charge in [-0.2, -0.15) is 0 Å². The molecule has 1 aliphatic rings. The van der Waals surface area contributed by atoms with E-state index in [2.05, 4.69) is 5.32 Å². The smallest absolute Gasteiger partial charge is 0.323 e. The number of fused-ring (bicyclic) bond motifs is 1. The highest BCUT2D eigenvalue weighted by Crippen LogP contribution is 2.27. The summed E-state index contributed by atoms with van der Waals surface area (Å²) in [5.41, 5.74) is 2.31. The summed E-state index contributed by atoms with van der Waals surface area (Å²) in [6.07, 6.45) is 1.80. The molecule has 7 nitrogen and oxygen atoms in total. The molecule has 0 aromatic heterocycles. The number of nitrogens with zero attached hydrogens (tertiary/aromatic N) is 1. The number of hydrogen-bond donors (Lipinski definition) is 2. The van der Waals surface area contributed by atoms with Crippen molar-refractivity contribution in [3.05, 3.63) is 65.5 Å². The maximum atomic E-state index is 13.3. The van der Waals surface area contributed by atoms with Gasteiger partial charge in [-0.3, -0.25) is 24.6 Å². The summed E-state index contributed by atoms with van der Waals surface area (Å²) in [5.74, 6) is -2.33. The van der Waals surface area contributed by atoms with Crippen LogP contribution in [0.25, 0.3) is 0 Å². The zero-order valence-corrected chi connectivity index (χ0v) is 17.9. The third-order valence-corrected chi connectivity index (χ3v) is 5.45. The fourth-order valence-corrected chi connectivity index (χ4v) is 3.89. The van der Waals surface area contributed by atoms with Gasteiger partial charge in [0.15, 0.2) is 0 Å². The van der Waals surface area contributed by atoms with Crippen LogP contribution in [0.4, 0.5) is 10.1 Å². The number of aryl methyl sites for hydroxylation is 2. The molecule has 3 rings (SSSR count). The van der Waals surface area contributed by atoms with Crippen LogP contribution in [0.1, 0.15) is 30.9 Å². The van der Waals surface area contributed by atoms with Crippen LogP contribution in [-0.4, -0.2) is 48.2 Å². The Morgan fingerprint density at radius 2 is 1.94 bits per heavy atom. The molecule has 2 aromatic carbocycles. The summed E-state index contributed by atoms with van der Waals surface area (Å²) >= 11 is 0. The summed E-state index contributed by atoms with van der Waals surface area (Å²) < 4.78 is 18.4. The van der Waals surface area contributed by atoms with Crippen LogP contribution >= 0.6 is 0 Å². The predicted molar refractivity (Wildman–Crippen MR) is 117 cm³/mol. The van der Waals surface area contributed by atoms with E-state index in [1.807, 2.05) is 12.1 Å². The van der Waals surface area contributed by atoms with Crippen molar-refractivity contribution in [1.29, 1.82) is 0 Å². The van der Waals surface area contributed by atoms with Crippen LogP contribution in [0.5, 0.6) is 0 Å². The first-order chi connectivity index (χ1) is 15.4. The Labute approximate surface area is 186 Å². The third kappa shape index (κ3) is 5.91. The molecule has 0 fully saturated rings. The molecule has 8 heteroatoms. The van der Waals surface area contributed by atoms with Gasteiger partial charge in [0.2, 0.25) is 5.91 Å². The summed E-state index contributed by atoms with van der Waals surface area (Å²) in [4.78, 5) is 38.6. The Morgan fingerprint density at radius 1 is 1.22 bits per heavy atom. The van der Waals surface area contributed by atoms with Gasteiger partial charge < -0.3 is 9.84 Å². The number of benzene rings is 2. The number of anilines is 1. The first-order valence-corrected chi connectivity index (χ1v) is 10.7. The zero-order chi connectivity index (χ0) is 23.1. The minimum atomic E-state index is -1.12. The maximum absolute atomic E-state index is 13.3. The Hall–Kier alpha value is -3.26. The van der Waals surface area contributed by atoms with Gasteiger partial charge in [0, 0.05) is 5.69 Å².